The molecule has 3 aromatic rings. The zero-order chi connectivity index (χ0) is 21.3. The maximum Gasteiger partial charge on any atom is 0.335 e. The smallest absolute Gasteiger partial charge is 0.335 e. The summed E-state index contributed by atoms with van der Waals surface area (Å²) >= 11 is 1.43. The Kier molecular flexibility index (Phi) is 5.29. The minimum Gasteiger partial charge on any atom is -0.450 e. The third-order valence-corrected chi connectivity index (χ3v) is 5.42. The predicted octanol–water partition coefficient (Wildman–Crippen LogP) is 4.71. The number of amides is 4. The Labute approximate surface area is 177 Å². The predicted molar refractivity (Wildman–Crippen MR) is 114 cm³/mol. The third kappa shape index (κ3) is 4.06. The van der Waals surface area contributed by atoms with Crippen LogP contribution in [0.4, 0.5) is 10.5 Å². The van der Waals surface area contributed by atoms with E-state index in [2.05, 4.69) is 5.32 Å². The van der Waals surface area contributed by atoms with Crippen molar-refractivity contribution in [3.05, 3.63) is 83.1 Å². The lowest BCUT2D eigenvalue weighted by atomic mass is 10.1. The molecule has 1 saturated heterocycles. The van der Waals surface area contributed by atoms with E-state index in [1.54, 1.807) is 30.3 Å². The molecule has 0 unspecified atom stereocenters. The van der Waals surface area contributed by atoms with E-state index in [-0.39, 0.29) is 5.57 Å². The summed E-state index contributed by atoms with van der Waals surface area (Å²) in [5.41, 5.74) is 2.28. The number of carbonyl (C=O) groups excluding carboxylic acids is 3. The first-order valence-electron chi connectivity index (χ1n) is 9.23. The van der Waals surface area contributed by atoms with Crippen LogP contribution in [0.1, 0.15) is 16.9 Å². The Morgan fingerprint density at radius 3 is 2.43 bits per heavy atom. The molecule has 0 radical (unpaired) electrons. The van der Waals surface area contributed by atoms with E-state index in [9.17, 15) is 14.4 Å². The van der Waals surface area contributed by atoms with Gasteiger partial charge in [-0.3, -0.25) is 14.9 Å². The van der Waals surface area contributed by atoms with Gasteiger partial charge in [-0.25, -0.2) is 9.69 Å². The molecular formula is C23H18N2O4S. The van der Waals surface area contributed by atoms with Gasteiger partial charge in [0.15, 0.2) is 5.09 Å². The van der Waals surface area contributed by atoms with Crippen molar-refractivity contribution in [2.45, 2.75) is 23.8 Å². The third-order valence-electron chi connectivity index (χ3n) is 4.49. The van der Waals surface area contributed by atoms with Gasteiger partial charge in [-0.15, -0.1) is 0 Å². The van der Waals surface area contributed by atoms with Gasteiger partial charge in [0.25, 0.3) is 11.8 Å². The molecule has 6 nitrogen and oxygen atoms in total. The van der Waals surface area contributed by atoms with Crippen LogP contribution < -0.4 is 10.2 Å². The molecule has 1 fully saturated rings. The Morgan fingerprint density at radius 2 is 1.70 bits per heavy atom. The number of aryl methyl sites for hydroxylation is 2. The summed E-state index contributed by atoms with van der Waals surface area (Å²) in [4.78, 5) is 39.5. The van der Waals surface area contributed by atoms with Crippen molar-refractivity contribution in [1.82, 2.24) is 5.32 Å². The number of rotatable bonds is 4. The molecule has 1 N–H and O–H groups in total. The minimum atomic E-state index is -0.775. The molecule has 0 aliphatic carbocycles. The highest BCUT2D eigenvalue weighted by atomic mass is 32.2. The van der Waals surface area contributed by atoms with Crippen LogP contribution in [0.5, 0.6) is 0 Å². The van der Waals surface area contributed by atoms with Gasteiger partial charge >= 0.3 is 6.03 Å². The van der Waals surface area contributed by atoms with Crippen LogP contribution in [0.2, 0.25) is 0 Å². The molecule has 4 amide bonds. The van der Waals surface area contributed by atoms with E-state index >= 15 is 0 Å². The van der Waals surface area contributed by atoms with Crippen molar-refractivity contribution < 1.29 is 18.8 Å². The van der Waals surface area contributed by atoms with Gasteiger partial charge in [-0.1, -0.05) is 41.6 Å². The lowest BCUT2D eigenvalue weighted by Crippen LogP contribution is -2.54. The fourth-order valence-electron chi connectivity index (χ4n) is 2.99. The van der Waals surface area contributed by atoms with Crippen LogP contribution in [0.25, 0.3) is 6.08 Å². The SMILES string of the molecule is Cc1ccc(Sc2ccc(C=C3C(=O)NC(=O)N(c4cccc(C)c4)C3=O)o2)cc1. The van der Waals surface area contributed by atoms with E-state index in [4.69, 9.17) is 4.42 Å². The van der Waals surface area contributed by atoms with Crippen LogP contribution in [0.15, 0.2) is 80.6 Å². The van der Waals surface area contributed by atoms with Gasteiger partial charge in [0.05, 0.1) is 5.69 Å². The second-order valence-corrected chi connectivity index (χ2v) is 7.95. The highest BCUT2D eigenvalue weighted by molar-refractivity contribution is 7.99. The molecule has 1 aliphatic heterocycles. The molecular weight excluding hydrogens is 400 g/mol. The fraction of sp³-hybridized carbons (Fsp3) is 0.0870. The molecule has 0 atom stereocenters. The van der Waals surface area contributed by atoms with E-state index in [0.717, 1.165) is 15.4 Å². The second-order valence-electron chi connectivity index (χ2n) is 6.87. The number of urea groups is 1. The van der Waals surface area contributed by atoms with E-state index in [1.165, 1.54) is 23.4 Å². The number of imide groups is 2. The normalized spacial score (nSPS) is 15.6. The first-order valence-corrected chi connectivity index (χ1v) is 10.0. The van der Waals surface area contributed by atoms with Gasteiger partial charge in [0.1, 0.15) is 11.3 Å². The number of barbiturate groups is 1. The summed E-state index contributed by atoms with van der Waals surface area (Å²) in [6, 6.07) is 17.6. The highest BCUT2D eigenvalue weighted by Crippen LogP contribution is 2.30. The number of hydrogen-bond acceptors (Lipinski definition) is 5. The summed E-state index contributed by atoms with van der Waals surface area (Å²) in [6.45, 7) is 3.87. The Balaban J connectivity index is 1.60. The number of benzene rings is 2. The standard InChI is InChI=1S/C23H18N2O4S/c1-14-6-9-18(10-7-14)30-20-11-8-17(29-20)13-19-21(26)24-23(28)25(22(19)27)16-5-3-4-15(2)12-16/h3-13H,1-2H3,(H,24,26,28). The summed E-state index contributed by atoms with van der Waals surface area (Å²) in [6.07, 6.45) is 1.35. The molecule has 4 rings (SSSR count). The van der Waals surface area contributed by atoms with Gasteiger partial charge in [0.2, 0.25) is 0 Å². The Morgan fingerprint density at radius 1 is 0.933 bits per heavy atom. The average molecular weight is 418 g/mol. The molecule has 0 bridgehead atoms. The van der Waals surface area contributed by atoms with Gasteiger partial charge in [-0.05, 0) is 61.9 Å². The van der Waals surface area contributed by atoms with Crippen molar-refractivity contribution >= 4 is 41.4 Å². The maximum absolute atomic E-state index is 12.9. The van der Waals surface area contributed by atoms with E-state index in [1.807, 2.05) is 44.2 Å². The summed E-state index contributed by atoms with van der Waals surface area (Å²) in [5.74, 6) is -1.10. The summed E-state index contributed by atoms with van der Waals surface area (Å²) < 4.78 is 5.76. The van der Waals surface area contributed by atoms with Gasteiger partial charge in [0, 0.05) is 4.90 Å². The van der Waals surface area contributed by atoms with Crippen LogP contribution in [0.3, 0.4) is 0 Å². The van der Waals surface area contributed by atoms with Crippen LogP contribution in [-0.4, -0.2) is 17.8 Å². The Hall–Kier alpha value is -3.58. The van der Waals surface area contributed by atoms with Crippen LogP contribution in [0, 0.1) is 13.8 Å². The van der Waals surface area contributed by atoms with Crippen molar-refractivity contribution in [2.24, 2.45) is 0 Å². The number of carbonyl (C=O) groups is 3. The largest absolute Gasteiger partial charge is 0.450 e. The molecule has 150 valence electrons. The molecule has 2 aromatic carbocycles. The molecule has 0 spiro atoms. The number of hydrogen-bond donors (Lipinski definition) is 1. The minimum absolute atomic E-state index is 0.169. The van der Waals surface area contributed by atoms with Gasteiger partial charge in [-0.2, -0.15) is 0 Å². The lowest BCUT2D eigenvalue weighted by molar-refractivity contribution is -0.122. The van der Waals surface area contributed by atoms with Crippen molar-refractivity contribution in [3.63, 3.8) is 0 Å². The first kappa shape index (κ1) is 19.7. The molecule has 2 heterocycles. The quantitative estimate of drug-likeness (QED) is 0.490. The van der Waals surface area contributed by atoms with Crippen molar-refractivity contribution in [1.29, 1.82) is 0 Å². The van der Waals surface area contributed by atoms with Crippen molar-refractivity contribution in [2.75, 3.05) is 4.90 Å². The fourth-order valence-corrected chi connectivity index (χ4v) is 3.77. The number of nitrogens with one attached hydrogen (secondary N) is 1. The second kappa shape index (κ2) is 8.04. The zero-order valence-corrected chi connectivity index (χ0v) is 17.2. The zero-order valence-electron chi connectivity index (χ0n) is 16.3. The van der Waals surface area contributed by atoms with Crippen LogP contribution >= 0.6 is 11.8 Å². The van der Waals surface area contributed by atoms with Crippen molar-refractivity contribution in [3.8, 4) is 0 Å². The molecule has 30 heavy (non-hydrogen) atoms. The Bertz CT molecular complexity index is 1180. The van der Waals surface area contributed by atoms with Gasteiger partial charge < -0.3 is 4.42 Å². The molecule has 0 saturated carbocycles. The summed E-state index contributed by atoms with van der Waals surface area (Å²) in [5, 5.41) is 2.84. The van der Waals surface area contributed by atoms with E-state index in [0.29, 0.717) is 16.5 Å². The monoisotopic (exact) mass is 418 g/mol. The molecule has 7 heteroatoms. The molecule has 1 aromatic heterocycles. The average Bonchev–Trinajstić information content (AvgIpc) is 3.14. The summed E-state index contributed by atoms with van der Waals surface area (Å²) in [7, 11) is 0. The molecule has 1 aliphatic rings. The lowest BCUT2D eigenvalue weighted by Gasteiger charge is -2.26. The maximum atomic E-state index is 12.9. The highest BCUT2D eigenvalue weighted by Gasteiger charge is 2.37. The van der Waals surface area contributed by atoms with Crippen LogP contribution in [-0.2, 0) is 9.59 Å². The topological polar surface area (TPSA) is 79.6 Å². The number of furan rings is 1. The number of nitrogens with zero attached hydrogens (tertiary/aromatic N) is 1. The first-order chi connectivity index (χ1) is 14.4. The number of anilines is 1. The van der Waals surface area contributed by atoms with E-state index < -0.39 is 17.8 Å².